The molecule has 3 rings (SSSR count). The first-order valence-corrected chi connectivity index (χ1v) is 6.43. The van der Waals surface area contributed by atoms with Crippen molar-refractivity contribution in [3.63, 3.8) is 0 Å². The maximum absolute atomic E-state index is 8.73. The zero-order chi connectivity index (χ0) is 12.4. The first kappa shape index (κ1) is 11.5. The largest absolute Gasteiger partial charge is 0.353 e. The van der Waals surface area contributed by atoms with Crippen molar-refractivity contribution in [1.82, 2.24) is 15.2 Å². The van der Waals surface area contributed by atoms with E-state index >= 15 is 0 Å². The second kappa shape index (κ2) is 4.92. The molecule has 5 nitrogen and oxygen atoms in total. The molecule has 0 amide bonds. The van der Waals surface area contributed by atoms with Crippen LogP contribution in [0.3, 0.4) is 0 Å². The molecule has 2 saturated heterocycles. The van der Waals surface area contributed by atoms with Gasteiger partial charge < -0.3 is 10.2 Å². The fraction of sp³-hybridized carbons (Fsp3) is 0.538. The van der Waals surface area contributed by atoms with Crippen molar-refractivity contribution >= 4 is 5.82 Å². The van der Waals surface area contributed by atoms with E-state index in [2.05, 4.69) is 26.2 Å². The molecular weight excluding hydrogens is 226 g/mol. The predicted molar refractivity (Wildman–Crippen MR) is 69.4 cm³/mol. The van der Waals surface area contributed by atoms with Crippen molar-refractivity contribution in [3.8, 4) is 6.07 Å². The summed E-state index contributed by atoms with van der Waals surface area (Å²) in [5.74, 6) is 0.986. The molecule has 0 bridgehead atoms. The summed E-state index contributed by atoms with van der Waals surface area (Å²) in [5, 5.41) is 12.1. The number of pyridine rings is 1. The van der Waals surface area contributed by atoms with E-state index in [-0.39, 0.29) is 0 Å². The highest BCUT2D eigenvalue weighted by atomic mass is 15.3. The molecule has 0 saturated carbocycles. The van der Waals surface area contributed by atoms with Gasteiger partial charge in [0.05, 0.1) is 5.56 Å². The topological polar surface area (TPSA) is 55.2 Å². The number of hydrogen-bond donors (Lipinski definition) is 1. The molecule has 0 unspecified atom stereocenters. The normalized spacial score (nSPS) is 21.4. The Balaban J connectivity index is 1.56. The van der Waals surface area contributed by atoms with E-state index in [0.29, 0.717) is 11.6 Å². The Bertz CT molecular complexity index is 437. The highest BCUT2D eigenvalue weighted by Gasteiger charge is 2.32. The third-order valence-corrected chi connectivity index (χ3v) is 3.73. The smallest absolute Gasteiger partial charge is 0.128 e. The number of hydrogen-bond acceptors (Lipinski definition) is 5. The maximum Gasteiger partial charge on any atom is 0.128 e. The Morgan fingerprint density at radius 2 is 2.06 bits per heavy atom. The Kier molecular flexibility index (Phi) is 3.13. The van der Waals surface area contributed by atoms with Crippen LogP contribution in [-0.4, -0.2) is 55.2 Å². The lowest BCUT2D eigenvalue weighted by molar-refractivity contribution is 0.147. The van der Waals surface area contributed by atoms with Gasteiger partial charge in [-0.3, -0.25) is 4.90 Å². The van der Waals surface area contributed by atoms with Gasteiger partial charge in [-0.05, 0) is 12.1 Å². The minimum absolute atomic E-state index is 0.623. The summed E-state index contributed by atoms with van der Waals surface area (Å²) in [5.41, 5.74) is 0.623. The van der Waals surface area contributed by atoms with Crippen LogP contribution in [-0.2, 0) is 0 Å². The van der Waals surface area contributed by atoms with Crippen LogP contribution in [0, 0.1) is 11.3 Å². The average molecular weight is 243 g/mol. The number of nitrogens with zero attached hydrogens (tertiary/aromatic N) is 4. The molecule has 0 aromatic carbocycles. The minimum atomic E-state index is 0.623. The van der Waals surface area contributed by atoms with Gasteiger partial charge in [0.15, 0.2) is 0 Å². The number of aromatic nitrogens is 1. The van der Waals surface area contributed by atoms with Crippen molar-refractivity contribution in [2.75, 3.05) is 44.2 Å². The Morgan fingerprint density at radius 3 is 2.67 bits per heavy atom. The molecule has 2 fully saturated rings. The highest BCUT2D eigenvalue weighted by Crippen LogP contribution is 2.22. The number of piperazine rings is 1. The Morgan fingerprint density at radius 1 is 1.28 bits per heavy atom. The molecule has 3 heterocycles. The van der Waals surface area contributed by atoms with Gasteiger partial charge >= 0.3 is 0 Å². The van der Waals surface area contributed by atoms with Crippen molar-refractivity contribution in [3.05, 3.63) is 23.9 Å². The summed E-state index contributed by atoms with van der Waals surface area (Å²) in [6.45, 7) is 6.62. The van der Waals surface area contributed by atoms with Crippen LogP contribution in [0.2, 0.25) is 0 Å². The Hall–Kier alpha value is -1.64. The number of anilines is 1. The van der Waals surface area contributed by atoms with Crippen molar-refractivity contribution in [1.29, 1.82) is 5.26 Å². The van der Waals surface area contributed by atoms with Crippen LogP contribution in [0.25, 0.3) is 0 Å². The molecule has 0 aliphatic carbocycles. The predicted octanol–water partition coefficient (Wildman–Crippen LogP) is 0.0471. The zero-order valence-corrected chi connectivity index (χ0v) is 10.3. The van der Waals surface area contributed by atoms with Crippen LogP contribution in [0.1, 0.15) is 5.56 Å². The quantitative estimate of drug-likeness (QED) is 0.795. The average Bonchev–Trinajstić information content (AvgIpc) is 2.39. The molecule has 0 spiro atoms. The summed E-state index contributed by atoms with van der Waals surface area (Å²) in [6.07, 6.45) is 1.65. The first-order chi connectivity index (χ1) is 8.86. The van der Waals surface area contributed by atoms with Gasteiger partial charge in [0, 0.05) is 51.5 Å². The lowest BCUT2D eigenvalue weighted by atomic mass is 10.1. The molecule has 18 heavy (non-hydrogen) atoms. The lowest BCUT2D eigenvalue weighted by Gasteiger charge is -2.47. The van der Waals surface area contributed by atoms with E-state index in [1.807, 2.05) is 12.1 Å². The molecule has 94 valence electrons. The maximum atomic E-state index is 8.73. The summed E-state index contributed by atoms with van der Waals surface area (Å²) in [6, 6.07) is 6.54. The minimum Gasteiger partial charge on any atom is -0.353 e. The first-order valence-electron chi connectivity index (χ1n) is 6.43. The van der Waals surface area contributed by atoms with Crippen LogP contribution < -0.4 is 10.2 Å². The highest BCUT2D eigenvalue weighted by molar-refractivity contribution is 5.45. The lowest BCUT2D eigenvalue weighted by Crippen LogP contribution is -2.63. The molecule has 5 heteroatoms. The summed E-state index contributed by atoms with van der Waals surface area (Å²) in [4.78, 5) is 9.15. The van der Waals surface area contributed by atoms with Crippen LogP contribution in [0.15, 0.2) is 18.3 Å². The number of nitrogens with one attached hydrogen (secondary N) is 1. The van der Waals surface area contributed by atoms with Crippen molar-refractivity contribution in [2.24, 2.45) is 0 Å². The van der Waals surface area contributed by atoms with E-state index in [1.165, 1.54) is 0 Å². The van der Waals surface area contributed by atoms with E-state index in [1.54, 1.807) is 6.20 Å². The van der Waals surface area contributed by atoms with Gasteiger partial charge in [-0.2, -0.15) is 5.26 Å². The van der Waals surface area contributed by atoms with Crippen LogP contribution >= 0.6 is 0 Å². The summed E-state index contributed by atoms with van der Waals surface area (Å²) < 4.78 is 0. The fourth-order valence-electron chi connectivity index (χ4n) is 2.56. The molecule has 1 N–H and O–H groups in total. The Labute approximate surface area is 107 Å². The molecule has 0 radical (unpaired) electrons. The number of rotatable bonds is 2. The number of nitriles is 1. The third-order valence-electron chi connectivity index (χ3n) is 3.73. The van der Waals surface area contributed by atoms with E-state index in [4.69, 9.17) is 5.26 Å². The van der Waals surface area contributed by atoms with Gasteiger partial charge in [0.1, 0.15) is 11.9 Å². The molecule has 1 aromatic heterocycles. The van der Waals surface area contributed by atoms with Gasteiger partial charge in [0.2, 0.25) is 0 Å². The third kappa shape index (κ3) is 2.17. The second-order valence-corrected chi connectivity index (χ2v) is 4.86. The van der Waals surface area contributed by atoms with Crippen molar-refractivity contribution in [2.45, 2.75) is 6.04 Å². The summed E-state index contributed by atoms with van der Waals surface area (Å²) in [7, 11) is 0. The molecule has 2 aliphatic rings. The van der Waals surface area contributed by atoms with Gasteiger partial charge in [-0.15, -0.1) is 0 Å². The molecule has 1 aromatic rings. The second-order valence-electron chi connectivity index (χ2n) is 4.86. The van der Waals surface area contributed by atoms with Crippen LogP contribution in [0.4, 0.5) is 5.82 Å². The van der Waals surface area contributed by atoms with E-state index < -0.39 is 0 Å². The molecular formula is C13H17N5. The fourth-order valence-corrected chi connectivity index (χ4v) is 2.56. The zero-order valence-electron chi connectivity index (χ0n) is 10.3. The SMILES string of the molecule is N#Cc1ccc(N2CC(N3CCNCC3)C2)nc1. The van der Waals surface area contributed by atoms with Crippen molar-refractivity contribution < 1.29 is 0 Å². The standard InChI is InChI=1S/C13H17N5/c14-7-11-1-2-13(16-8-11)18-9-12(10-18)17-5-3-15-4-6-17/h1-2,8,12,15H,3-6,9-10H2. The van der Waals surface area contributed by atoms with Gasteiger partial charge in [0.25, 0.3) is 0 Å². The summed E-state index contributed by atoms with van der Waals surface area (Å²) >= 11 is 0. The molecule has 2 aliphatic heterocycles. The van der Waals surface area contributed by atoms with Crippen LogP contribution in [0.5, 0.6) is 0 Å². The van der Waals surface area contributed by atoms with E-state index in [0.717, 1.165) is 45.1 Å². The monoisotopic (exact) mass is 243 g/mol. The van der Waals surface area contributed by atoms with E-state index in [9.17, 15) is 0 Å². The van der Waals surface area contributed by atoms with Gasteiger partial charge in [-0.25, -0.2) is 4.98 Å². The molecule has 0 atom stereocenters. The van der Waals surface area contributed by atoms with Gasteiger partial charge in [-0.1, -0.05) is 0 Å².